The van der Waals surface area contributed by atoms with Gasteiger partial charge in [0.2, 0.25) is 0 Å². The third-order valence-electron chi connectivity index (χ3n) is 4.09. The molecule has 0 bridgehead atoms. The van der Waals surface area contributed by atoms with Gasteiger partial charge in [0.05, 0.1) is 6.42 Å². The Labute approximate surface area is 146 Å². The number of carbonyl (C=O) groups excluding carboxylic acids is 2. The van der Waals surface area contributed by atoms with E-state index in [0.717, 1.165) is 23.1 Å². The standard InChI is InChI=1S/C20H31NO3/c1-7-8-16(22)13-20(4,5)19-15(3)11-14(2)12-17(19)24-18(23)9-10-21-6/h11-12,21H,7-10,13H2,1-6H3. The van der Waals surface area contributed by atoms with E-state index in [4.69, 9.17) is 4.74 Å². The maximum Gasteiger partial charge on any atom is 0.312 e. The van der Waals surface area contributed by atoms with Gasteiger partial charge in [-0.25, -0.2) is 0 Å². The molecule has 0 aliphatic rings. The van der Waals surface area contributed by atoms with Crippen molar-refractivity contribution in [2.45, 2.75) is 65.7 Å². The number of nitrogens with one attached hydrogen (secondary N) is 1. The van der Waals surface area contributed by atoms with E-state index in [9.17, 15) is 9.59 Å². The van der Waals surface area contributed by atoms with Crippen LogP contribution in [0.3, 0.4) is 0 Å². The number of hydrogen-bond donors (Lipinski definition) is 1. The highest BCUT2D eigenvalue weighted by atomic mass is 16.5. The van der Waals surface area contributed by atoms with E-state index in [-0.39, 0.29) is 17.2 Å². The van der Waals surface area contributed by atoms with Crippen LogP contribution >= 0.6 is 0 Å². The largest absolute Gasteiger partial charge is 0.426 e. The number of ketones is 1. The molecule has 4 nitrogen and oxygen atoms in total. The Bertz CT molecular complexity index is 591. The number of carbonyl (C=O) groups is 2. The summed E-state index contributed by atoms with van der Waals surface area (Å²) in [4.78, 5) is 24.2. The number of esters is 1. The molecule has 0 amide bonds. The molecule has 0 aromatic heterocycles. The van der Waals surface area contributed by atoms with Crippen molar-refractivity contribution in [2.24, 2.45) is 0 Å². The molecule has 0 unspecified atom stereocenters. The Morgan fingerprint density at radius 1 is 1.17 bits per heavy atom. The summed E-state index contributed by atoms with van der Waals surface area (Å²) >= 11 is 0. The van der Waals surface area contributed by atoms with Crippen molar-refractivity contribution < 1.29 is 14.3 Å². The summed E-state index contributed by atoms with van der Waals surface area (Å²) in [5.74, 6) is 0.573. The molecule has 0 saturated heterocycles. The van der Waals surface area contributed by atoms with Crippen molar-refractivity contribution in [1.29, 1.82) is 0 Å². The van der Waals surface area contributed by atoms with Gasteiger partial charge in [0, 0.05) is 30.4 Å². The molecule has 0 fully saturated rings. The molecule has 1 rings (SSSR count). The van der Waals surface area contributed by atoms with Crippen molar-refractivity contribution in [3.05, 3.63) is 28.8 Å². The van der Waals surface area contributed by atoms with E-state index in [0.29, 0.717) is 31.6 Å². The van der Waals surface area contributed by atoms with Crippen LogP contribution in [0.1, 0.15) is 63.1 Å². The minimum Gasteiger partial charge on any atom is -0.426 e. The Morgan fingerprint density at radius 2 is 1.83 bits per heavy atom. The molecule has 0 spiro atoms. The van der Waals surface area contributed by atoms with Crippen LogP contribution in [-0.4, -0.2) is 25.3 Å². The minimum atomic E-state index is -0.372. The van der Waals surface area contributed by atoms with Gasteiger partial charge in [-0.15, -0.1) is 0 Å². The molecule has 0 saturated carbocycles. The Hall–Kier alpha value is -1.68. The highest BCUT2D eigenvalue weighted by Gasteiger charge is 2.30. The number of ether oxygens (including phenoxy) is 1. The number of aryl methyl sites for hydroxylation is 2. The van der Waals surface area contributed by atoms with E-state index >= 15 is 0 Å². The average Bonchev–Trinajstić information content (AvgIpc) is 2.43. The lowest BCUT2D eigenvalue weighted by atomic mass is 9.76. The molecule has 4 heteroatoms. The van der Waals surface area contributed by atoms with Crippen LogP contribution < -0.4 is 10.1 Å². The van der Waals surface area contributed by atoms with Gasteiger partial charge in [0.1, 0.15) is 11.5 Å². The van der Waals surface area contributed by atoms with Crippen LogP contribution in [-0.2, 0) is 15.0 Å². The predicted octanol–water partition coefficient (Wildman–Crippen LogP) is 3.86. The normalized spacial score (nSPS) is 11.4. The molecule has 0 heterocycles. The highest BCUT2D eigenvalue weighted by molar-refractivity contribution is 5.80. The second-order valence-corrected chi connectivity index (χ2v) is 7.13. The molecule has 134 valence electrons. The lowest BCUT2D eigenvalue weighted by Gasteiger charge is -2.29. The van der Waals surface area contributed by atoms with E-state index in [2.05, 4.69) is 11.4 Å². The number of rotatable bonds is 9. The van der Waals surface area contributed by atoms with Gasteiger partial charge < -0.3 is 10.1 Å². The van der Waals surface area contributed by atoms with Gasteiger partial charge in [-0.3, -0.25) is 9.59 Å². The zero-order valence-electron chi connectivity index (χ0n) is 15.9. The second kappa shape index (κ2) is 8.97. The first-order chi connectivity index (χ1) is 11.2. The zero-order chi connectivity index (χ0) is 18.3. The molecule has 0 radical (unpaired) electrons. The van der Waals surface area contributed by atoms with Crippen LogP contribution in [0.4, 0.5) is 0 Å². The first-order valence-electron chi connectivity index (χ1n) is 8.70. The van der Waals surface area contributed by atoms with Crippen LogP contribution in [0.25, 0.3) is 0 Å². The van der Waals surface area contributed by atoms with Crippen LogP contribution in [0, 0.1) is 13.8 Å². The van der Waals surface area contributed by atoms with Gasteiger partial charge in [0.25, 0.3) is 0 Å². The fourth-order valence-corrected chi connectivity index (χ4v) is 3.23. The Balaban J connectivity index is 3.16. The third kappa shape index (κ3) is 5.75. The molecule has 24 heavy (non-hydrogen) atoms. The first-order valence-corrected chi connectivity index (χ1v) is 8.70. The van der Waals surface area contributed by atoms with Crippen molar-refractivity contribution in [3.63, 3.8) is 0 Å². The summed E-state index contributed by atoms with van der Waals surface area (Å²) < 4.78 is 5.65. The molecule has 0 atom stereocenters. The molecule has 0 aliphatic heterocycles. The smallest absolute Gasteiger partial charge is 0.312 e. The first kappa shape index (κ1) is 20.4. The summed E-state index contributed by atoms with van der Waals surface area (Å²) in [7, 11) is 1.80. The van der Waals surface area contributed by atoms with Gasteiger partial charge in [0.15, 0.2) is 0 Å². The van der Waals surface area contributed by atoms with E-state index in [1.807, 2.05) is 40.7 Å². The summed E-state index contributed by atoms with van der Waals surface area (Å²) in [6.07, 6.45) is 2.21. The van der Waals surface area contributed by atoms with Gasteiger partial charge in [-0.2, -0.15) is 0 Å². The van der Waals surface area contributed by atoms with Crippen molar-refractivity contribution in [3.8, 4) is 5.75 Å². The predicted molar refractivity (Wildman–Crippen MR) is 97.7 cm³/mol. The number of benzene rings is 1. The number of hydrogen-bond acceptors (Lipinski definition) is 4. The summed E-state index contributed by atoms with van der Waals surface area (Å²) in [6, 6.07) is 3.97. The van der Waals surface area contributed by atoms with Crippen molar-refractivity contribution in [2.75, 3.05) is 13.6 Å². The second-order valence-electron chi connectivity index (χ2n) is 7.13. The minimum absolute atomic E-state index is 0.245. The third-order valence-corrected chi connectivity index (χ3v) is 4.09. The van der Waals surface area contributed by atoms with Crippen LogP contribution in [0.5, 0.6) is 5.75 Å². The van der Waals surface area contributed by atoms with Crippen LogP contribution in [0.15, 0.2) is 12.1 Å². The lowest BCUT2D eigenvalue weighted by molar-refractivity contribution is -0.134. The molecular weight excluding hydrogens is 302 g/mol. The molecule has 1 N–H and O–H groups in total. The molecule has 1 aromatic carbocycles. The summed E-state index contributed by atoms with van der Waals surface area (Å²) in [5.41, 5.74) is 2.68. The number of Topliss-reactive ketones (excluding diaryl/α,β-unsaturated/α-hetero) is 1. The monoisotopic (exact) mass is 333 g/mol. The summed E-state index contributed by atoms with van der Waals surface area (Å²) in [5, 5.41) is 2.95. The SMILES string of the molecule is CCCC(=O)CC(C)(C)c1c(C)cc(C)cc1OC(=O)CCNC. The Kier molecular flexibility index (Phi) is 7.61. The average molecular weight is 333 g/mol. The highest BCUT2D eigenvalue weighted by Crippen LogP contribution is 2.38. The quantitative estimate of drug-likeness (QED) is 0.551. The van der Waals surface area contributed by atoms with Gasteiger partial charge >= 0.3 is 5.97 Å². The molecule has 0 aliphatic carbocycles. The van der Waals surface area contributed by atoms with E-state index < -0.39 is 0 Å². The zero-order valence-corrected chi connectivity index (χ0v) is 15.9. The maximum atomic E-state index is 12.2. The fourth-order valence-electron chi connectivity index (χ4n) is 3.23. The van der Waals surface area contributed by atoms with Gasteiger partial charge in [-0.1, -0.05) is 26.8 Å². The van der Waals surface area contributed by atoms with Gasteiger partial charge in [-0.05, 0) is 44.5 Å². The van der Waals surface area contributed by atoms with Crippen molar-refractivity contribution in [1.82, 2.24) is 5.32 Å². The topological polar surface area (TPSA) is 55.4 Å². The summed E-state index contributed by atoms with van der Waals surface area (Å²) in [6.45, 7) is 10.7. The van der Waals surface area contributed by atoms with E-state index in [1.54, 1.807) is 7.05 Å². The van der Waals surface area contributed by atoms with Crippen molar-refractivity contribution >= 4 is 11.8 Å². The van der Waals surface area contributed by atoms with E-state index in [1.165, 1.54) is 0 Å². The fraction of sp³-hybridized carbons (Fsp3) is 0.600. The van der Waals surface area contributed by atoms with Crippen LogP contribution in [0.2, 0.25) is 0 Å². The molecule has 1 aromatic rings. The maximum absolute atomic E-state index is 12.2. The Morgan fingerprint density at radius 3 is 2.42 bits per heavy atom. The molecular formula is C20H31NO3. The lowest BCUT2D eigenvalue weighted by Crippen LogP contribution is -2.25.